The minimum atomic E-state index is -4.30. The quantitative estimate of drug-likeness (QED) is 0.0533. The van der Waals surface area contributed by atoms with Crippen LogP contribution in [0.2, 0.25) is 0 Å². The first-order valence-corrected chi connectivity index (χ1v) is 20.7. The molecule has 0 saturated heterocycles. The normalized spacial score (nSPS) is 11.5. The summed E-state index contributed by atoms with van der Waals surface area (Å²) < 4.78 is 49.3. The van der Waals surface area contributed by atoms with Crippen molar-refractivity contribution in [2.24, 2.45) is 0 Å². The van der Waals surface area contributed by atoms with Crippen molar-refractivity contribution in [2.45, 2.75) is 45.5 Å². The van der Waals surface area contributed by atoms with Crippen LogP contribution < -0.4 is 19.9 Å². The van der Waals surface area contributed by atoms with E-state index in [1.54, 1.807) is 30.3 Å². The third kappa shape index (κ3) is 14.3. The monoisotopic (exact) mass is 828 g/mol. The van der Waals surface area contributed by atoms with E-state index in [1.165, 1.54) is 0 Å². The maximum absolute atomic E-state index is 14.4. The van der Waals surface area contributed by atoms with Crippen LogP contribution in [0.1, 0.15) is 33.4 Å². The summed E-state index contributed by atoms with van der Waals surface area (Å²) in [4.78, 5) is 39.2. The molecule has 13 heteroatoms. The fourth-order valence-corrected chi connectivity index (χ4v) is 6.89. The Balaban J connectivity index is 1.21. The molecule has 12 nitrogen and oxygen atoms in total. The van der Waals surface area contributed by atoms with Crippen molar-refractivity contribution in [2.75, 3.05) is 6.54 Å². The van der Waals surface area contributed by atoms with Crippen molar-refractivity contribution in [3.05, 3.63) is 203 Å². The van der Waals surface area contributed by atoms with Gasteiger partial charge in [-0.05, 0) is 45.5 Å². The summed E-state index contributed by atoms with van der Waals surface area (Å²) in [5, 5.41) is 5.10. The highest BCUT2D eigenvalue weighted by molar-refractivity contribution is 7.48. The number of amides is 2. The molecule has 0 aliphatic carbocycles. The molecule has 0 saturated carbocycles. The lowest BCUT2D eigenvalue weighted by Crippen LogP contribution is -2.47. The van der Waals surface area contributed by atoms with Gasteiger partial charge in [0.15, 0.2) is 11.5 Å². The van der Waals surface area contributed by atoms with Crippen LogP contribution in [-0.4, -0.2) is 30.6 Å². The summed E-state index contributed by atoms with van der Waals surface area (Å²) in [7, 11) is -4.30. The van der Waals surface area contributed by atoms with Crippen LogP contribution in [0.15, 0.2) is 170 Å². The van der Waals surface area contributed by atoms with Crippen LogP contribution >= 0.6 is 7.82 Å². The van der Waals surface area contributed by atoms with Crippen LogP contribution in [0, 0.1) is 0 Å². The summed E-state index contributed by atoms with van der Waals surface area (Å²) in [6.45, 7) is -0.476. The SMILES string of the molecule is O=C(CNC(=O)OCc1ccccc1)N[C@@H](Cc1ccc(OP(=O)(OCc2ccccc2)OCc2ccccc2)c(OCc2ccccc2)c1)C(=O)OCc1ccccc1. The van der Waals surface area contributed by atoms with Gasteiger partial charge in [-0.3, -0.25) is 13.8 Å². The van der Waals surface area contributed by atoms with E-state index in [0.29, 0.717) is 5.56 Å². The number of benzene rings is 6. The number of nitrogens with one attached hydrogen (secondary N) is 2. The lowest BCUT2D eigenvalue weighted by molar-refractivity contribution is -0.149. The summed E-state index contributed by atoms with van der Waals surface area (Å²) in [5.74, 6) is -1.13. The number of hydrogen-bond donors (Lipinski definition) is 2. The fourth-order valence-electron chi connectivity index (χ4n) is 5.70. The first-order valence-electron chi connectivity index (χ1n) is 19.2. The van der Waals surface area contributed by atoms with E-state index in [-0.39, 0.29) is 51.0 Å². The van der Waals surface area contributed by atoms with E-state index < -0.39 is 38.4 Å². The summed E-state index contributed by atoms with van der Waals surface area (Å²) in [6, 6.07) is 49.7. The Bertz CT molecular complexity index is 2250. The van der Waals surface area contributed by atoms with Crippen molar-refractivity contribution in [1.82, 2.24) is 10.6 Å². The molecule has 308 valence electrons. The molecule has 6 rings (SSSR count). The molecule has 0 aromatic heterocycles. The third-order valence-electron chi connectivity index (χ3n) is 8.81. The lowest BCUT2D eigenvalue weighted by Gasteiger charge is -2.22. The van der Waals surface area contributed by atoms with Gasteiger partial charge in [0.05, 0.1) is 13.2 Å². The fraction of sp³-hybridized carbons (Fsp3) is 0.170. The molecule has 60 heavy (non-hydrogen) atoms. The van der Waals surface area contributed by atoms with Crippen LogP contribution in [0.3, 0.4) is 0 Å². The van der Waals surface area contributed by atoms with Crippen molar-refractivity contribution in [3.8, 4) is 11.5 Å². The molecular formula is C47H45N2O10P. The van der Waals surface area contributed by atoms with Crippen LogP contribution in [-0.2, 0) is 72.1 Å². The molecule has 0 heterocycles. The largest absolute Gasteiger partial charge is 0.530 e. The maximum atomic E-state index is 14.4. The molecule has 0 aliphatic rings. The number of alkyl carbamates (subject to hydrolysis) is 1. The Labute approximate surface area is 349 Å². The van der Waals surface area contributed by atoms with Crippen molar-refractivity contribution < 1.29 is 46.7 Å². The molecule has 6 aromatic rings. The molecule has 1 atom stereocenters. The predicted molar refractivity (Wildman–Crippen MR) is 224 cm³/mol. The second kappa shape index (κ2) is 22.4. The number of phosphoric acid groups is 1. The third-order valence-corrected chi connectivity index (χ3v) is 10.1. The van der Waals surface area contributed by atoms with Crippen molar-refractivity contribution >= 4 is 25.8 Å². The van der Waals surface area contributed by atoms with E-state index in [1.807, 2.05) is 140 Å². The van der Waals surface area contributed by atoms with E-state index in [4.69, 9.17) is 27.8 Å². The van der Waals surface area contributed by atoms with Crippen molar-refractivity contribution in [1.29, 1.82) is 0 Å². The van der Waals surface area contributed by atoms with Crippen molar-refractivity contribution in [3.63, 3.8) is 0 Å². The minimum absolute atomic E-state index is 0.0187. The number of ether oxygens (including phenoxy) is 3. The molecule has 6 aromatic carbocycles. The van der Waals surface area contributed by atoms with Gasteiger partial charge < -0.3 is 29.4 Å². The Kier molecular flexibility index (Phi) is 16.0. The molecule has 2 N–H and O–H groups in total. The zero-order valence-electron chi connectivity index (χ0n) is 32.7. The number of esters is 1. The Morgan fingerprint density at radius 1 is 0.500 bits per heavy atom. The topological polar surface area (TPSA) is 148 Å². The lowest BCUT2D eigenvalue weighted by atomic mass is 10.0. The van der Waals surface area contributed by atoms with Crippen LogP contribution in [0.4, 0.5) is 4.79 Å². The smallest absolute Gasteiger partial charge is 0.485 e. The molecule has 2 amide bonds. The van der Waals surface area contributed by atoms with Gasteiger partial charge in [-0.2, -0.15) is 0 Å². The van der Waals surface area contributed by atoms with E-state index >= 15 is 0 Å². The highest BCUT2D eigenvalue weighted by Gasteiger charge is 2.31. The molecule has 0 fully saturated rings. The average Bonchev–Trinajstić information content (AvgIpc) is 3.29. The predicted octanol–water partition coefficient (Wildman–Crippen LogP) is 8.88. The number of hydrogen-bond acceptors (Lipinski definition) is 10. The van der Waals surface area contributed by atoms with Gasteiger partial charge in [-0.15, -0.1) is 0 Å². The van der Waals surface area contributed by atoms with E-state index in [2.05, 4.69) is 10.6 Å². The summed E-state index contributed by atoms with van der Waals surface area (Å²) in [6.07, 6.45) is -0.849. The Morgan fingerprint density at radius 3 is 1.45 bits per heavy atom. The highest BCUT2D eigenvalue weighted by Crippen LogP contribution is 2.53. The van der Waals surface area contributed by atoms with Gasteiger partial charge in [0, 0.05) is 6.42 Å². The number of rotatable bonds is 21. The molecule has 0 unspecified atom stereocenters. The van der Waals surface area contributed by atoms with E-state index in [0.717, 1.165) is 27.8 Å². The molecule has 0 aliphatic heterocycles. The second-order valence-corrected chi connectivity index (χ2v) is 15.0. The summed E-state index contributed by atoms with van der Waals surface area (Å²) in [5.41, 5.74) is 4.43. The second-order valence-electron chi connectivity index (χ2n) is 13.4. The molecular weight excluding hydrogens is 783 g/mol. The number of phosphoric ester groups is 1. The zero-order chi connectivity index (χ0) is 41.8. The Morgan fingerprint density at radius 2 is 0.950 bits per heavy atom. The van der Waals surface area contributed by atoms with Gasteiger partial charge in [0.25, 0.3) is 0 Å². The average molecular weight is 829 g/mol. The summed E-state index contributed by atoms with van der Waals surface area (Å²) >= 11 is 0. The van der Waals surface area contributed by atoms with E-state index in [9.17, 15) is 18.9 Å². The minimum Gasteiger partial charge on any atom is -0.485 e. The van der Waals surface area contributed by atoms with Crippen LogP contribution in [0.5, 0.6) is 11.5 Å². The van der Waals surface area contributed by atoms with Gasteiger partial charge >= 0.3 is 19.9 Å². The first kappa shape index (κ1) is 42.9. The highest BCUT2D eigenvalue weighted by atomic mass is 31.2. The number of carbonyl (C=O) groups is 3. The number of carbonyl (C=O) groups excluding carboxylic acids is 3. The standard InChI is InChI=1S/C47H45N2O10P/c50-45(30-48-47(52)56-33-38-20-10-3-11-21-38)49-42(46(51)55-32-37-18-8-2-9-19-37)28-41-26-27-43(44(29-41)54-31-36-16-6-1-7-17-36)59-60(53,57-34-39-22-12-4-13-23-39)58-35-40-24-14-5-15-25-40/h1-27,29,42H,28,30-35H2,(H,48,52)(H,49,50)/t42-/m0/s1. The van der Waals surface area contributed by atoms with Gasteiger partial charge in [0.1, 0.15) is 32.4 Å². The van der Waals surface area contributed by atoms with Gasteiger partial charge in [-0.1, -0.05) is 158 Å². The molecule has 0 bridgehead atoms. The molecule has 0 radical (unpaired) electrons. The zero-order valence-corrected chi connectivity index (χ0v) is 33.6. The first-order chi connectivity index (χ1) is 29.3. The Hall–Kier alpha value is -6.72. The van der Waals surface area contributed by atoms with Crippen LogP contribution in [0.25, 0.3) is 0 Å². The van der Waals surface area contributed by atoms with Gasteiger partial charge in [-0.25, -0.2) is 14.2 Å². The molecule has 0 spiro atoms. The van der Waals surface area contributed by atoms with Gasteiger partial charge in [0.2, 0.25) is 5.91 Å². The maximum Gasteiger partial charge on any atom is 0.530 e.